The van der Waals surface area contributed by atoms with Crippen molar-refractivity contribution in [1.29, 1.82) is 0 Å². The van der Waals surface area contributed by atoms with Gasteiger partial charge in [0.25, 0.3) is 0 Å². The van der Waals surface area contributed by atoms with E-state index in [2.05, 4.69) is 28.7 Å². The van der Waals surface area contributed by atoms with Crippen molar-refractivity contribution < 1.29 is 0 Å². The van der Waals surface area contributed by atoms with E-state index in [1.807, 2.05) is 18.7 Å². The lowest BCUT2D eigenvalue weighted by Gasteiger charge is -2.05. The van der Waals surface area contributed by atoms with Gasteiger partial charge in [-0.25, -0.2) is 0 Å². The van der Waals surface area contributed by atoms with Crippen molar-refractivity contribution in [2.24, 2.45) is 7.05 Å². The fourth-order valence-corrected chi connectivity index (χ4v) is 1.52. The number of hydrogen-bond acceptors (Lipinski definition) is 3. The molecule has 86 valence electrons. The van der Waals surface area contributed by atoms with Crippen LogP contribution in [0, 0.1) is 6.92 Å². The topological polar surface area (TPSA) is 41.9 Å². The standard InChI is InChI=1S/C11H22N4/c1-4-5-12-6-7-13-9-11-8-10(2)14-15(11)3/h8,12-13H,4-7,9H2,1-3H3. The highest BCUT2D eigenvalue weighted by molar-refractivity contribution is 5.08. The molecule has 0 radical (unpaired) electrons. The van der Waals surface area contributed by atoms with Crippen LogP contribution in [0.15, 0.2) is 6.07 Å². The fraction of sp³-hybridized carbons (Fsp3) is 0.727. The average molecular weight is 210 g/mol. The van der Waals surface area contributed by atoms with Crippen molar-refractivity contribution in [2.75, 3.05) is 19.6 Å². The second-order valence-electron chi connectivity index (χ2n) is 3.83. The summed E-state index contributed by atoms with van der Waals surface area (Å²) < 4.78 is 1.93. The first kappa shape index (κ1) is 12.2. The molecule has 0 aliphatic rings. The van der Waals surface area contributed by atoms with Crippen LogP contribution in [0.3, 0.4) is 0 Å². The van der Waals surface area contributed by atoms with Crippen LogP contribution in [0.5, 0.6) is 0 Å². The number of nitrogens with one attached hydrogen (secondary N) is 2. The van der Waals surface area contributed by atoms with Crippen LogP contribution in [-0.2, 0) is 13.6 Å². The van der Waals surface area contributed by atoms with Crippen molar-refractivity contribution in [3.63, 3.8) is 0 Å². The van der Waals surface area contributed by atoms with Gasteiger partial charge in [0.15, 0.2) is 0 Å². The summed E-state index contributed by atoms with van der Waals surface area (Å²) in [5.41, 5.74) is 2.32. The molecule has 0 saturated carbocycles. The summed E-state index contributed by atoms with van der Waals surface area (Å²) in [7, 11) is 1.99. The molecule has 15 heavy (non-hydrogen) atoms. The van der Waals surface area contributed by atoms with E-state index in [0.717, 1.165) is 31.9 Å². The second kappa shape index (κ2) is 6.58. The first-order valence-electron chi connectivity index (χ1n) is 5.65. The summed E-state index contributed by atoms with van der Waals surface area (Å²) in [6.07, 6.45) is 1.20. The Hall–Kier alpha value is -0.870. The van der Waals surface area contributed by atoms with Crippen LogP contribution in [-0.4, -0.2) is 29.4 Å². The lowest BCUT2D eigenvalue weighted by molar-refractivity contribution is 0.584. The van der Waals surface area contributed by atoms with E-state index < -0.39 is 0 Å². The van der Waals surface area contributed by atoms with Gasteiger partial charge in [0.2, 0.25) is 0 Å². The molecule has 0 fully saturated rings. The summed E-state index contributed by atoms with van der Waals surface area (Å²) in [6, 6.07) is 2.12. The Morgan fingerprint density at radius 1 is 1.27 bits per heavy atom. The van der Waals surface area contributed by atoms with E-state index >= 15 is 0 Å². The average Bonchev–Trinajstić information content (AvgIpc) is 2.51. The number of rotatable bonds is 7. The maximum atomic E-state index is 4.30. The SMILES string of the molecule is CCCNCCNCc1cc(C)nn1C. The smallest absolute Gasteiger partial charge is 0.0597 e. The molecular weight excluding hydrogens is 188 g/mol. The van der Waals surface area contributed by atoms with Crippen molar-refractivity contribution in [3.05, 3.63) is 17.5 Å². The largest absolute Gasteiger partial charge is 0.315 e. The van der Waals surface area contributed by atoms with Gasteiger partial charge in [-0.05, 0) is 26.0 Å². The van der Waals surface area contributed by atoms with Crippen molar-refractivity contribution >= 4 is 0 Å². The molecule has 1 heterocycles. The molecule has 0 spiro atoms. The lowest BCUT2D eigenvalue weighted by Crippen LogP contribution is -2.28. The van der Waals surface area contributed by atoms with Gasteiger partial charge in [-0.1, -0.05) is 6.92 Å². The second-order valence-corrected chi connectivity index (χ2v) is 3.83. The van der Waals surface area contributed by atoms with Crippen LogP contribution < -0.4 is 10.6 Å². The zero-order valence-electron chi connectivity index (χ0n) is 10.0. The first-order chi connectivity index (χ1) is 7.24. The van der Waals surface area contributed by atoms with Gasteiger partial charge >= 0.3 is 0 Å². The van der Waals surface area contributed by atoms with Crippen LogP contribution in [0.2, 0.25) is 0 Å². The molecule has 4 heteroatoms. The minimum absolute atomic E-state index is 0.894. The number of nitrogens with zero attached hydrogens (tertiary/aromatic N) is 2. The van der Waals surface area contributed by atoms with E-state index in [1.54, 1.807) is 0 Å². The normalized spacial score (nSPS) is 10.9. The molecule has 1 aromatic heterocycles. The molecule has 1 aromatic rings. The van der Waals surface area contributed by atoms with Crippen molar-refractivity contribution in [2.45, 2.75) is 26.8 Å². The molecule has 0 saturated heterocycles. The summed E-state index contributed by atoms with van der Waals surface area (Å²) in [4.78, 5) is 0. The Morgan fingerprint density at radius 2 is 2.00 bits per heavy atom. The summed E-state index contributed by atoms with van der Waals surface area (Å²) in [5.74, 6) is 0. The Morgan fingerprint density at radius 3 is 2.60 bits per heavy atom. The Labute approximate surface area is 92.1 Å². The highest BCUT2D eigenvalue weighted by Gasteiger charge is 2.00. The molecular formula is C11H22N4. The summed E-state index contributed by atoms with van der Waals surface area (Å²) >= 11 is 0. The van der Waals surface area contributed by atoms with E-state index in [-0.39, 0.29) is 0 Å². The third-order valence-corrected chi connectivity index (χ3v) is 2.31. The Bertz CT molecular complexity index is 280. The van der Waals surface area contributed by atoms with Gasteiger partial charge in [-0.15, -0.1) is 0 Å². The van der Waals surface area contributed by atoms with Gasteiger partial charge in [-0.3, -0.25) is 4.68 Å². The molecule has 1 rings (SSSR count). The highest BCUT2D eigenvalue weighted by Crippen LogP contribution is 2.00. The van der Waals surface area contributed by atoms with Crippen molar-refractivity contribution in [1.82, 2.24) is 20.4 Å². The zero-order valence-corrected chi connectivity index (χ0v) is 10.0. The zero-order chi connectivity index (χ0) is 11.1. The monoisotopic (exact) mass is 210 g/mol. The minimum atomic E-state index is 0.894. The third kappa shape index (κ3) is 4.44. The molecule has 0 aliphatic heterocycles. The molecule has 4 nitrogen and oxygen atoms in total. The number of aromatic nitrogens is 2. The Kier molecular flexibility index (Phi) is 5.36. The molecule has 0 bridgehead atoms. The molecule has 0 atom stereocenters. The molecule has 2 N–H and O–H groups in total. The number of aryl methyl sites for hydroxylation is 2. The third-order valence-electron chi connectivity index (χ3n) is 2.31. The number of hydrogen-bond donors (Lipinski definition) is 2. The quantitative estimate of drug-likeness (QED) is 0.655. The van der Waals surface area contributed by atoms with E-state index in [9.17, 15) is 0 Å². The van der Waals surface area contributed by atoms with E-state index in [4.69, 9.17) is 0 Å². The van der Waals surface area contributed by atoms with Crippen LogP contribution in [0.25, 0.3) is 0 Å². The predicted octanol–water partition coefficient (Wildman–Crippen LogP) is 0.818. The van der Waals surface area contributed by atoms with Crippen LogP contribution >= 0.6 is 0 Å². The maximum absolute atomic E-state index is 4.30. The van der Waals surface area contributed by atoms with Crippen LogP contribution in [0.1, 0.15) is 24.7 Å². The molecule has 0 amide bonds. The summed E-state index contributed by atoms with van der Waals surface area (Å²) in [5, 5.41) is 11.0. The van der Waals surface area contributed by atoms with E-state index in [0.29, 0.717) is 0 Å². The fourth-order valence-electron chi connectivity index (χ4n) is 1.52. The predicted molar refractivity (Wildman–Crippen MR) is 62.8 cm³/mol. The molecule has 0 aliphatic carbocycles. The first-order valence-corrected chi connectivity index (χ1v) is 5.65. The van der Waals surface area contributed by atoms with E-state index in [1.165, 1.54) is 12.1 Å². The molecule has 0 aromatic carbocycles. The van der Waals surface area contributed by atoms with Crippen LogP contribution in [0.4, 0.5) is 0 Å². The van der Waals surface area contributed by atoms with Gasteiger partial charge in [0.1, 0.15) is 0 Å². The molecule has 0 unspecified atom stereocenters. The van der Waals surface area contributed by atoms with Gasteiger partial charge in [0, 0.05) is 26.7 Å². The lowest BCUT2D eigenvalue weighted by atomic mass is 10.3. The Balaban J connectivity index is 2.12. The summed E-state index contributed by atoms with van der Waals surface area (Å²) in [6.45, 7) is 8.23. The van der Waals surface area contributed by atoms with Gasteiger partial charge < -0.3 is 10.6 Å². The van der Waals surface area contributed by atoms with Gasteiger partial charge in [0.05, 0.1) is 11.4 Å². The van der Waals surface area contributed by atoms with Gasteiger partial charge in [-0.2, -0.15) is 5.10 Å². The van der Waals surface area contributed by atoms with Crippen molar-refractivity contribution in [3.8, 4) is 0 Å². The minimum Gasteiger partial charge on any atom is -0.315 e. The maximum Gasteiger partial charge on any atom is 0.0597 e. The highest BCUT2D eigenvalue weighted by atomic mass is 15.3.